The molecular weight excluding hydrogens is 266 g/mol. The van der Waals surface area contributed by atoms with E-state index in [2.05, 4.69) is 40.3 Å². The average molecular weight is 285 g/mol. The van der Waals surface area contributed by atoms with Crippen LogP contribution in [0.3, 0.4) is 0 Å². The normalized spacial score (nSPS) is 25.0. The van der Waals surface area contributed by atoms with Crippen molar-refractivity contribution in [2.24, 2.45) is 0 Å². The van der Waals surface area contributed by atoms with E-state index in [1.165, 1.54) is 5.56 Å². The van der Waals surface area contributed by atoms with E-state index in [1.807, 2.05) is 16.9 Å². The minimum Gasteiger partial charge on any atom is -0.371 e. The fraction of sp³-hybridized carbons (Fsp3) is 0.438. The maximum atomic E-state index is 5.75. The summed E-state index contributed by atoms with van der Waals surface area (Å²) in [5.74, 6) is 1.01. The zero-order valence-corrected chi connectivity index (χ0v) is 11.9. The van der Waals surface area contributed by atoms with E-state index in [-0.39, 0.29) is 12.2 Å². The fourth-order valence-corrected chi connectivity index (χ4v) is 3.03. The number of hydrogen-bond donors (Lipinski definition) is 0. The van der Waals surface area contributed by atoms with Crippen molar-refractivity contribution in [1.82, 2.24) is 9.78 Å². The molecule has 1 aromatic heterocycles. The molecule has 0 amide bonds. The Kier molecular flexibility index (Phi) is 3.37. The molecule has 1 aromatic carbocycles. The van der Waals surface area contributed by atoms with Crippen molar-refractivity contribution in [3.8, 4) is 0 Å². The molecule has 0 aliphatic carbocycles. The second-order valence-corrected chi connectivity index (χ2v) is 5.58. The molecule has 2 fully saturated rings. The molecule has 0 bridgehead atoms. The first kappa shape index (κ1) is 12.9. The van der Waals surface area contributed by atoms with Crippen molar-refractivity contribution in [2.45, 2.75) is 18.8 Å². The lowest BCUT2D eigenvalue weighted by Crippen LogP contribution is -2.36. The number of aromatic nitrogens is 2. The lowest BCUT2D eigenvalue weighted by Gasteiger charge is -2.24. The van der Waals surface area contributed by atoms with Crippen LogP contribution in [0.2, 0.25) is 0 Å². The van der Waals surface area contributed by atoms with Gasteiger partial charge in [-0.05, 0) is 5.56 Å². The van der Waals surface area contributed by atoms with Gasteiger partial charge in [0, 0.05) is 25.4 Å². The molecule has 2 saturated heterocycles. The SMILES string of the molecule is c1ccc(Cn2ccc(N3C[C@@H]4OCCO[C@@H]4C3)n2)cc1. The summed E-state index contributed by atoms with van der Waals surface area (Å²) in [5, 5.41) is 4.68. The van der Waals surface area contributed by atoms with Crippen molar-refractivity contribution >= 4 is 5.82 Å². The smallest absolute Gasteiger partial charge is 0.150 e. The first-order valence-electron chi connectivity index (χ1n) is 7.44. The Morgan fingerprint density at radius 3 is 2.43 bits per heavy atom. The molecule has 0 N–H and O–H groups in total. The number of rotatable bonds is 3. The van der Waals surface area contributed by atoms with Crippen molar-refractivity contribution in [2.75, 3.05) is 31.2 Å². The Bertz CT molecular complexity index is 585. The van der Waals surface area contributed by atoms with Gasteiger partial charge in [-0.1, -0.05) is 30.3 Å². The summed E-state index contributed by atoms with van der Waals surface area (Å²) in [6, 6.07) is 12.4. The van der Waals surface area contributed by atoms with E-state index in [0.717, 1.165) is 25.5 Å². The number of benzene rings is 1. The number of ether oxygens (including phenoxy) is 2. The van der Waals surface area contributed by atoms with E-state index < -0.39 is 0 Å². The third kappa shape index (κ3) is 2.66. The molecule has 21 heavy (non-hydrogen) atoms. The predicted molar refractivity (Wildman–Crippen MR) is 79.5 cm³/mol. The van der Waals surface area contributed by atoms with Crippen molar-refractivity contribution in [1.29, 1.82) is 0 Å². The monoisotopic (exact) mass is 285 g/mol. The summed E-state index contributed by atoms with van der Waals surface area (Å²) < 4.78 is 13.5. The van der Waals surface area contributed by atoms with Crippen molar-refractivity contribution in [3.05, 3.63) is 48.2 Å². The van der Waals surface area contributed by atoms with Gasteiger partial charge >= 0.3 is 0 Å². The zero-order valence-electron chi connectivity index (χ0n) is 11.9. The number of anilines is 1. The number of nitrogens with zero attached hydrogens (tertiary/aromatic N) is 3. The Morgan fingerprint density at radius 1 is 1.00 bits per heavy atom. The molecule has 2 atom stereocenters. The van der Waals surface area contributed by atoms with Gasteiger partial charge in [-0.15, -0.1) is 0 Å². The quantitative estimate of drug-likeness (QED) is 0.857. The van der Waals surface area contributed by atoms with Gasteiger partial charge in [0.15, 0.2) is 5.82 Å². The molecule has 2 aliphatic rings. The van der Waals surface area contributed by atoms with Crippen molar-refractivity contribution in [3.63, 3.8) is 0 Å². The maximum absolute atomic E-state index is 5.75. The Hall–Kier alpha value is -1.85. The van der Waals surface area contributed by atoms with Gasteiger partial charge < -0.3 is 14.4 Å². The van der Waals surface area contributed by atoms with E-state index in [0.29, 0.717) is 13.2 Å². The van der Waals surface area contributed by atoms with Crippen LogP contribution in [0.1, 0.15) is 5.56 Å². The van der Waals surface area contributed by atoms with Crippen LogP contribution in [0.25, 0.3) is 0 Å². The zero-order chi connectivity index (χ0) is 14.1. The highest BCUT2D eigenvalue weighted by Gasteiger charge is 2.37. The van der Waals surface area contributed by atoms with Crippen LogP contribution in [0.4, 0.5) is 5.82 Å². The lowest BCUT2D eigenvalue weighted by molar-refractivity contribution is -0.116. The Balaban J connectivity index is 1.45. The third-order valence-corrected chi connectivity index (χ3v) is 4.10. The fourth-order valence-electron chi connectivity index (χ4n) is 3.03. The molecule has 0 saturated carbocycles. The van der Waals surface area contributed by atoms with Gasteiger partial charge in [-0.2, -0.15) is 5.10 Å². The maximum Gasteiger partial charge on any atom is 0.150 e. The lowest BCUT2D eigenvalue weighted by atomic mass is 10.2. The molecule has 5 nitrogen and oxygen atoms in total. The summed E-state index contributed by atoms with van der Waals surface area (Å²) in [4.78, 5) is 2.25. The second kappa shape index (κ2) is 5.50. The summed E-state index contributed by atoms with van der Waals surface area (Å²) in [6.45, 7) is 3.95. The highest BCUT2D eigenvalue weighted by Crippen LogP contribution is 2.24. The van der Waals surface area contributed by atoms with E-state index in [1.54, 1.807) is 0 Å². The average Bonchev–Trinajstić information content (AvgIpc) is 3.14. The highest BCUT2D eigenvalue weighted by atomic mass is 16.6. The van der Waals surface area contributed by atoms with E-state index in [9.17, 15) is 0 Å². The standard InChI is InChI=1S/C16H19N3O2/c1-2-4-13(5-3-1)10-19-7-6-16(17-19)18-11-14-15(12-18)21-9-8-20-14/h1-7,14-15H,8-12H2/t14-,15+. The second-order valence-electron chi connectivity index (χ2n) is 5.58. The Morgan fingerprint density at radius 2 is 1.71 bits per heavy atom. The van der Waals surface area contributed by atoms with Crippen LogP contribution in [0.5, 0.6) is 0 Å². The van der Waals surface area contributed by atoms with Crippen LogP contribution in [0.15, 0.2) is 42.6 Å². The molecule has 3 heterocycles. The van der Waals surface area contributed by atoms with E-state index >= 15 is 0 Å². The van der Waals surface area contributed by atoms with Crippen LogP contribution < -0.4 is 4.90 Å². The van der Waals surface area contributed by atoms with Gasteiger partial charge in [0.2, 0.25) is 0 Å². The van der Waals surface area contributed by atoms with Crippen molar-refractivity contribution < 1.29 is 9.47 Å². The molecular formula is C16H19N3O2. The van der Waals surface area contributed by atoms with E-state index in [4.69, 9.17) is 9.47 Å². The highest BCUT2D eigenvalue weighted by molar-refractivity contribution is 5.39. The van der Waals surface area contributed by atoms with Crippen LogP contribution in [-0.2, 0) is 16.0 Å². The largest absolute Gasteiger partial charge is 0.371 e. The Labute approximate surface area is 124 Å². The van der Waals surface area contributed by atoms with Gasteiger partial charge in [0.1, 0.15) is 12.2 Å². The van der Waals surface area contributed by atoms with Gasteiger partial charge in [-0.25, -0.2) is 0 Å². The summed E-state index contributed by atoms with van der Waals surface area (Å²) in [6.07, 6.45) is 2.42. The topological polar surface area (TPSA) is 39.5 Å². The van der Waals surface area contributed by atoms with Crippen LogP contribution in [-0.4, -0.2) is 48.3 Å². The number of fused-ring (bicyclic) bond motifs is 1. The first-order chi connectivity index (χ1) is 10.4. The van der Waals surface area contributed by atoms with Crippen LogP contribution >= 0.6 is 0 Å². The third-order valence-electron chi connectivity index (χ3n) is 4.10. The summed E-state index contributed by atoms with van der Waals surface area (Å²) in [7, 11) is 0. The molecule has 2 aliphatic heterocycles. The van der Waals surface area contributed by atoms with Gasteiger partial charge in [0.25, 0.3) is 0 Å². The summed E-state index contributed by atoms with van der Waals surface area (Å²) >= 11 is 0. The minimum atomic E-state index is 0.193. The molecule has 0 unspecified atom stereocenters. The summed E-state index contributed by atoms with van der Waals surface area (Å²) in [5.41, 5.74) is 1.26. The molecule has 4 rings (SSSR count). The molecule has 0 radical (unpaired) electrons. The first-order valence-corrected chi connectivity index (χ1v) is 7.44. The van der Waals surface area contributed by atoms with Gasteiger partial charge in [0.05, 0.1) is 19.8 Å². The van der Waals surface area contributed by atoms with Crippen LogP contribution in [0, 0.1) is 0 Å². The number of hydrogen-bond acceptors (Lipinski definition) is 4. The molecule has 0 spiro atoms. The predicted octanol–water partition coefficient (Wildman–Crippen LogP) is 1.54. The van der Waals surface area contributed by atoms with Gasteiger partial charge in [-0.3, -0.25) is 4.68 Å². The molecule has 5 heteroatoms. The minimum absolute atomic E-state index is 0.193. The molecule has 110 valence electrons. The molecule has 2 aromatic rings.